The average Bonchev–Trinajstić information content (AvgIpc) is 2.91. The molecule has 1 heterocycles. The fourth-order valence-electron chi connectivity index (χ4n) is 3.00. The molecular weight excluding hydrogens is 398 g/mol. The van der Waals surface area contributed by atoms with Crippen LogP contribution in [0.5, 0.6) is 0 Å². The number of rotatable bonds is 7. The Morgan fingerprint density at radius 2 is 1.93 bits per heavy atom. The normalized spacial score (nSPS) is 15.9. The second kappa shape index (κ2) is 8.75. The molecular formula is C20H22ClN3O3S. The van der Waals surface area contributed by atoms with Crippen LogP contribution in [0, 0.1) is 6.92 Å². The monoisotopic (exact) mass is 419 g/mol. The van der Waals surface area contributed by atoms with Crippen LogP contribution in [-0.4, -0.2) is 26.7 Å². The number of amides is 1. The smallest absolute Gasteiger partial charge is 0.263 e. The molecule has 0 unspecified atom stereocenters. The number of nitrogens with zero attached hydrogens (tertiary/aromatic N) is 1. The minimum Gasteiger partial charge on any atom is -0.326 e. The predicted octanol–water partition coefficient (Wildman–Crippen LogP) is 3.89. The molecule has 2 N–H and O–H groups in total. The number of aryl methyl sites for hydroxylation is 1. The van der Waals surface area contributed by atoms with Crippen molar-refractivity contribution in [1.29, 1.82) is 0 Å². The Kier molecular flexibility index (Phi) is 6.36. The highest BCUT2D eigenvalue weighted by Gasteiger charge is 2.29. The van der Waals surface area contributed by atoms with Gasteiger partial charge in [-0.25, -0.2) is 8.42 Å². The lowest BCUT2D eigenvalue weighted by atomic mass is 10.1. The van der Waals surface area contributed by atoms with Crippen molar-refractivity contribution in [3.8, 4) is 0 Å². The third-order valence-corrected chi connectivity index (χ3v) is 6.09. The van der Waals surface area contributed by atoms with Gasteiger partial charge >= 0.3 is 0 Å². The van der Waals surface area contributed by atoms with Crippen molar-refractivity contribution in [2.45, 2.75) is 37.5 Å². The summed E-state index contributed by atoms with van der Waals surface area (Å²) in [6.07, 6.45) is 2.78. The van der Waals surface area contributed by atoms with Gasteiger partial charge in [0.2, 0.25) is 5.91 Å². The molecule has 0 aromatic heterocycles. The zero-order valence-corrected chi connectivity index (χ0v) is 17.1. The molecule has 8 heteroatoms. The van der Waals surface area contributed by atoms with E-state index in [0.717, 1.165) is 30.5 Å². The molecule has 2 aromatic carbocycles. The van der Waals surface area contributed by atoms with Gasteiger partial charge in [-0.15, -0.1) is 0 Å². The predicted molar refractivity (Wildman–Crippen MR) is 111 cm³/mol. The van der Waals surface area contributed by atoms with Crippen LogP contribution in [0.15, 0.2) is 52.4 Å². The number of carbonyl (C=O) groups excluding carboxylic acids is 1. The quantitative estimate of drug-likeness (QED) is 0.667. The van der Waals surface area contributed by atoms with E-state index in [4.69, 9.17) is 11.6 Å². The standard InChI is InChI=1S/C20H22ClN3O3S/c1-14-13-15(21)10-11-17(14)23-19(25)9-3-2-6-12-22-20-16-7-4-5-8-18(16)28(26,27)24-20/h4-5,7-8,10-11,13H,2-3,6,9,12H2,1H3,(H,22,24)(H,23,25). The van der Waals surface area contributed by atoms with Crippen LogP contribution in [-0.2, 0) is 14.8 Å². The molecule has 1 aliphatic heterocycles. The first-order valence-corrected chi connectivity index (χ1v) is 11.0. The number of nitrogens with one attached hydrogen (secondary N) is 2. The Labute approximate surface area is 170 Å². The summed E-state index contributed by atoms with van der Waals surface area (Å²) < 4.78 is 26.5. The van der Waals surface area contributed by atoms with E-state index in [9.17, 15) is 13.2 Å². The zero-order valence-electron chi connectivity index (χ0n) is 15.5. The van der Waals surface area contributed by atoms with Gasteiger partial charge in [0.25, 0.3) is 10.0 Å². The number of unbranched alkanes of at least 4 members (excludes halogenated alkanes) is 2. The fraction of sp³-hybridized carbons (Fsp3) is 0.300. The van der Waals surface area contributed by atoms with Gasteiger partial charge in [-0.3, -0.25) is 14.5 Å². The Hall–Kier alpha value is -2.38. The number of fused-ring (bicyclic) bond motifs is 1. The van der Waals surface area contributed by atoms with Gasteiger partial charge in [0, 0.05) is 29.2 Å². The van der Waals surface area contributed by atoms with Crippen LogP contribution in [0.4, 0.5) is 5.69 Å². The van der Waals surface area contributed by atoms with Crippen molar-refractivity contribution in [2.75, 3.05) is 11.9 Å². The number of amidine groups is 1. The molecule has 0 spiro atoms. The minimum atomic E-state index is -3.49. The molecule has 28 heavy (non-hydrogen) atoms. The number of sulfonamides is 1. The largest absolute Gasteiger partial charge is 0.326 e. The Morgan fingerprint density at radius 1 is 1.14 bits per heavy atom. The van der Waals surface area contributed by atoms with Crippen molar-refractivity contribution in [2.24, 2.45) is 4.99 Å². The lowest BCUT2D eigenvalue weighted by Crippen LogP contribution is -2.22. The van der Waals surface area contributed by atoms with Crippen molar-refractivity contribution in [1.82, 2.24) is 4.72 Å². The van der Waals surface area contributed by atoms with Crippen molar-refractivity contribution in [3.05, 3.63) is 58.6 Å². The van der Waals surface area contributed by atoms with Gasteiger partial charge in [-0.2, -0.15) is 0 Å². The number of hydrogen-bond donors (Lipinski definition) is 2. The van der Waals surface area contributed by atoms with Gasteiger partial charge in [0.15, 0.2) is 0 Å². The summed E-state index contributed by atoms with van der Waals surface area (Å²) >= 11 is 5.92. The SMILES string of the molecule is Cc1cc(Cl)ccc1NC(=O)CCCCCN=C1NS(=O)(=O)c2ccccc21. The Bertz CT molecular complexity index is 1020. The van der Waals surface area contributed by atoms with Crippen molar-refractivity contribution >= 4 is 39.1 Å². The van der Waals surface area contributed by atoms with Crippen LogP contribution in [0.2, 0.25) is 5.02 Å². The van der Waals surface area contributed by atoms with E-state index in [-0.39, 0.29) is 10.8 Å². The molecule has 0 saturated heterocycles. The van der Waals surface area contributed by atoms with E-state index in [0.29, 0.717) is 29.4 Å². The summed E-state index contributed by atoms with van der Waals surface area (Å²) in [6.45, 7) is 2.40. The second-order valence-corrected chi connectivity index (χ2v) is 8.74. The van der Waals surface area contributed by atoms with E-state index in [1.165, 1.54) is 0 Å². The number of hydrogen-bond acceptors (Lipinski definition) is 4. The maximum absolute atomic E-state index is 12.1. The summed E-state index contributed by atoms with van der Waals surface area (Å²) in [4.78, 5) is 16.7. The molecule has 6 nitrogen and oxygen atoms in total. The Morgan fingerprint density at radius 3 is 2.71 bits per heavy atom. The molecule has 0 bridgehead atoms. The van der Waals surface area contributed by atoms with E-state index >= 15 is 0 Å². The minimum absolute atomic E-state index is 0.0331. The number of aliphatic imine (C=N–C) groups is 1. The third kappa shape index (κ3) is 4.91. The van der Waals surface area contributed by atoms with Crippen molar-refractivity contribution < 1.29 is 13.2 Å². The first-order chi connectivity index (χ1) is 13.4. The molecule has 0 fully saturated rings. The van der Waals surface area contributed by atoms with Gasteiger partial charge in [0.1, 0.15) is 5.84 Å². The van der Waals surface area contributed by atoms with Crippen LogP contribution in [0.3, 0.4) is 0 Å². The molecule has 1 aliphatic rings. The molecule has 0 radical (unpaired) electrons. The summed E-state index contributed by atoms with van der Waals surface area (Å²) in [7, 11) is -3.49. The number of anilines is 1. The summed E-state index contributed by atoms with van der Waals surface area (Å²) in [5.41, 5.74) is 2.31. The first kappa shape index (κ1) is 20.4. The highest BCUT2D eigenvalue weighted by Crippen LogP contribution is 2.22. The first-order valence-electron chi connectivity index (χ1n) is 9.09. The molecule has 3 rings (SSSR count). The zero-order chi connectivity index (χ0) is 20.1. The molecule has 0 saturated carbocycles. The Balaban J connectivity index is 1.42. The summed E-state index contributed by atoms with van der Waals surface area (Å²) in [5.74, 6) is 0.362. The third-order valence-electron chi connectivity index (χ3n) is 4.46. The van der Waals surface area contributed by atoms with E-state index in [1.807, 2.05) is 13.0 Å². The van der Waals surface area contributed by atoms with Gasteiger partial charge in [-0.05, 0) is 55.7 Å². The van der Waals surface area contributed by atoms with Gasteiger partial charge < -0.3 is 5.32 Å². The van der Waals surface area contributed by atoms with Gasteiger partial charge in [-0.1, -0.05) is 30.2 Å². The maximum atomic E-state index is 12.1. The highest BCUT2D eigenvalue weighted by atomic mass is 35.5. The van der Waals surface area contributed by atoms with E-state index < -0.39 is 10.0 Å². The van der Waals surface area contributed by atoms with Crippen LogP contribution in [0.25, 0.3) is 0 Å². The maximum Gasteiger partial charge on any atom is 0.263 e. The highest BCUT2D eigenvalue weighted by molar-refractivity contribution is 7.90. The number of benzene rings is 2. The molecule has 2 aromatic rings. The molecule has 148 valence electrons. The molecule has 1 amide bonds. The van der Waals surface area contributed by atoms with E-state index in [1.54, 1.807) is 36.4 Å². The molecule has 0 aliphatic carbocycles. The molecule has 0 atom stereocenters. The number of carbonyl (C=O) groups is 1. The van der Waals surface area contributed by atoms with Crippen LogP contribution < -0.4 is 10.0 Å². The van der Waals surface area contributed by atoms with Crippen LogP contribution >= 0.6 is 11.6 Å². The second-order valence-electron chi connectivity index (χ2n) is 6.65. The lowest BCUT2D eigenvalue weighted by Gasteiger charge is -2.08. The lowest BCUT2D eigenvalue weighted by molar-refractivity contribution is -0.116. The summed E-state index contributed by atoms with van der Waals surface area (Å²) in [5, 5.41) is 3.53. The average molecular weight is 420 g/mol. The van der Waals surface area contributed by atoms with E-state index in [2.05, 4.69) is 15.0 Å². The van der Waals surface area contributed by atoms with Crippen molar-refractivity contribution in [3.63, 3.8) is 0 Å². The van der Waals surface area contributed by atoms with Crippen LogP contribution in [0.1, 0.15) is 36.8 Å². The van der Waals surface area contributed by atoms with Gasteiger partial charge in [0.05, 0.1) is 4.90 Å². The summed E-state index contributed by atoms with van der Waals surface area (Å²) in [6, 6.07) is 12.2. The fourth-order valence-corrected chi connectivity index (χ4v) is 4.47. The number of halogens is 1. The topological polar surface area (TPSA) is 87.6 Å².